The van der Waals surface area contributed by atoms with E-state index >= 15 is 0 Å². The van der Waals surface area contributed by atoms with Crippen LogP contribution in [0, 0.1) is 5.82 Å². The molecular formula is C12H17FN2O2. The van der Waals surface area contributed by atoms with Crippen molar-refractivity contribution in [2.45, 2.75) is 26.0 Å². The number of carbonyl (C=O) groups is 1. The van der Waals surface area contributed by atoms with Crippen LogP contribution < -0.4 is 15.8 Å². The summed E-state index contributed by atoms with van der Waals surface area (Å²) in [6.07, 6.45) is -0.650. The summed E-state index contributed by atoms with van der Waals surface area (Å²) in [5, 5.41) is 2.48. The molecule has 4 nitrogen and oxygen atoms in total. The van der Waals surface area contributed by atoms with Gasteiger partial charge in [0.1, 0.15) is 11.6 Å². The Balaban J connectivity index is 2.94. The van der Waals surface area contributed by atoms with Crippen molar-refractivity contribution in [3.63, 3.8) is 0 Å². The summed E-state index contributed by atoms with van der Waals surface area (Å²) in [6.45, 7) is 3.35. The van der Waals surface area contributed by atoms with Crippen molar-refractivity contribution in [1.82, 2.24) is 5.32 Å². The van der Waals surface area contributed by atoms with Gasteiger partial charge in [-0.25, -0.2) is 4.39 Å². The normalized spacial score (nSPS) is 13.9. The average molecular weight is 240 g/mol. The molecule has 0 aliphatic carbocycles. The minimum atomic E-state index is -0.650. The number of nitrogens with one attached hydrogen (secondary N) is 1. The van der Waals surface area contributed by atoms with Crippen molar-refractivity contribution in [3.8, 4) is 5.75 Å². The minimum Gasteiger partial charge on any atom is -0.481 e. The molecule has 2 unspecified atom stereocenters. The molecule has 5 heteroatoms. The van der Waals surface area contributed by atoms with E-state index < -0.39 is 6.10 Å². The lowest BCUT2D eigenvalue weighted by atomic mass is 10.1. The number of halogens is 1. The van der Waals surface area contributed by atoms with E-state index in [2.05, 4.69) is 5.32 Å². The van der Waals surface area contributed by atoms with Gasteiger partial charge in [-0.05, 0) is 32.0 Å². The molecule has 0 aromatic heterocycles. The Labute approximate surface area is 100.0 Å². The van der Waals surface area contributed by atoms with Crippen LogP contribution in [0.1, 0.15) is 25.5 Å². The second kappa shape index (κ2) is 5.63. The monoisotopic (exact) mass is 240 g/mol. The molecule has 0 heterocycles. The Hall–Kier alpha value is -1.62. The van der Waals surface area contributed by atoms with Crippen LogP contribution in [0.25, 0.3) is 0 Å². The molecule has 3 N–H and O–H groups in total. The fourth-order valence-electron chi connectivity index (χ4n) is 1.43. The van der Waals surface area contributed by atoms with Gasteiger partial charge in [0.05, 0.1) is 0 Å². The number of likely N-dealkylation sites (N-methyl/N-ethyl adjacent to an activating group) is 1. The fraction of sp³-hybridized carbons (Fsp3) is 0.417. The lowest BCUT2D eigenvalue weighted by molar-refractivity contribution is -0.126. The largest absolute Gasteiger partial charge is 0.481 e. The summed E-state index contributed by atoms with van der Waals surface area (Å²) in [4.78, 5) is 11.3. The number of nitrogens with two attached hydrogens (primary N) is 1. The summed E-state index contributed by atoms with van der Waals surface area (Å²) in [7, 11) is 1.53. The van der Waals surface area contributed by atoms with Crippen LogP contribution in [-0.4, -0.2) is 19.1 Å². The predicted molar refractivity (Wildman–Crippen MR) is 63.2 cm³/mol. The third-order valence-corrected chi connectivity index (χ3v) is 2.38. The SMILES string of the molecule is CNC(=O)C(C)Oc1ccc(F)cc1C(C)N. The lowest BCUT2D eigenvalue weighted by Crippen LogP contribution is -2.34. The molecule has 1 aromatic rings. The maximum absolute atomic E-state index is 13.1. The van der Waals surface area contributed by atoms with Crippen LogP contribution in [0.4, 0.5) is 4.39 Å². The molecule has 2 atom stereocenters. The first-order chi connectivity index (χ1) is 7.95. The zero-order chi connectivity index (χ0) is 13.0. The molecule has 0 bridgehead atoms. The number of carbonyl (C=O) groups excluding carboxylic acids is 1. The topological polar surface area (TPSA) is 64.3 Å². The predicted octanol–water partition coefficient (Wildman–Crippen LogP) is 1.36. The van der Waals surface area contributed by atoms with Crippen LogP contribution in [0.2, 0.25) is 0 Å². The van der Waals surface area contributed by atoms with Crippen LogP contribution in [0.3, 0.4) is 0 Å². The van der Waals surface area contributed by atoms with Crippen molar-refractivity contribution in [2.75, 3.05) is 7.05 Å². The van der Waals surface area contributed by atoms with E-state index in [9.17, 15) is 9.18 Å². The van der Waals surface area contributed by atoms with Gasteiger partial charge >= 0.3 is 0 Å². The first kappa shape index (κ1) is 13.4. The first-order valence-corrected chi connectivity index (χ1v) is 5.39. The molecule has 0 radical (unpaired) electrons. The van der Waals surface area contributed by atoms with Crippen molar-refractivity contribution in [2.24, 2.45) is 5.73 Å². The molecule has 1 rings (SSSR count). The molecule has 0 aliphatic heterocycles. The van der Waals surface area contributed by atoms with Crippen molar-refractivity contribution >= 4 is 5.91 Å². The number of ether oxygens (including phenoxy) is 1. The van der Waals surface area contributed by atoms with E-state index in [1.54, 1.807) is 13.8 Å². The van der Waals surface area contributed by atoms with E-state index in [0.29, 0.717) is 11.3 Å². The maximum atomic E-state index is 13.1. The van der Waals surface area contributed by atoms with Gasteiger partial charge in [0.25, 0.3) is 5.91 Å². The number of rotatable bonds is 4. The fourth-order valence-corrected chi connectivity index (χ4v) is 1.43. The molecule has 0 saturated carbocycles. The highest BCUT2D eigenvalue weighted by atomic mass is 19.1. The van der Waals surface area contributed by atoms with Crippen LogP contribution in [-0.2, 0) is 4.79 Å². The maximum Gasteiger partial charge on any atom is 0.260 e. The smallest absolute Gasteiger partial charge is 0.260 e. The molecular weight excluding hydrogens is 223 g/mol. The Morgan fingerprint density at radius 1 is 1.47 bits per heavy atom. The van der Waals surface area contributed by atoms with Gasteiger partial charge < -0.3 is 15.8 Å². The van der Waals surface area contributed by atoms with Gasteiger partial charge in [0.15, 0.2) is 6.10 Å². The Morgan fingerprint density at radius 2 is 2.12 bits per heavy atom. The quantitative estimate of drug-likeness (QED) is 0.835. The second-order valence-corrected chi connectivity index (χ2v) is 3.85. The lowest BCUT2D eigenvalue weighted by Gasteiger charge is -2.18. The molecule has 17 heavy (non-hydrogen) atoms. The zero-order valence-electron chi connectivity index (χ0n) is 10.2. The zero-order valence-corrected chi connectivity index (χ0v) is 10.2. The molecule has 1 amide bonds. The second-order valence-electron chi connectivity index (χ2n) is 3.85. The Morgan fingerprint density at radius 3 is 2.65 bits per heavy atom. The van der Waals surface area contributed by atoms with E-state index in [0.717, 1.165) is 0 Å². The van der Waals surface area contributed by atoms with Crippen LogP contribution in [0.15, 0.2) is 18.2 Å². The number of amides is 1. The average Bonchev–Trinajstić information content (AvgIpc) is 2.29. The van der Waals surface area contributed by atoms with Crippen molar-refractivity contribution < 1.29 is 13.9 Å². The molecule has 0 spiro atoms. The highest BCUT2D eigenvalue weighted by Crippen LogP contribution is 2.25. The Bertz CT molecular complexity index is 407. The van der Waals surface area contributed by atoms with Crippen molar-refractivity contribution in [1.29, 1.82) is 0 Å². The first-order valence-electron chi connectivity index (χ1n) is 5.39. The highest BCUT2D eigenvalue weighted by Gasteiger charge is 2.16. The van der Waals surface area contributed by atoms with Gasteiger partial charge in [0, 0.05) is 18.7 Å². The molecule has 94 valence electrons. The van der Waals surface area contributed by atoms with E-state index in [-0.39, 0.29) is 17.8 Å². The number of benzene rings is 1. The molecule has 0 saturated heterocycles. The highest BCUT2D eigenvalue weighted by molar-refractivity contribution is 5.80. The number of hydrogen-bond donors (Lipinski definition) is 2. The summed E-state index contributed by atoms with van der Waals surface area (Å²) < 4.78 is 18.5. The summed E-state index contributed by atoms with van der Waals surface area (Å²) in [5.41, 5.74) is 6.26. The number of hydrogen-bond acceptors (Lipinski definition) is 3. The summed E-state index contributed by atoms with van der Waals surface area (Å²) in [5.74, 6) is -0.195. The summed E-state index contributed by atoms with van der Waals surface area (Å²) >= 11 is 0. The van der Waals surface area contributed by atoms with Gasteiger partial charge in [-0.1, -0.05) is 0 Å². The van der Waals surface area contributed by atoms with Gasteiger partial charge in [-0.15, -0.1) is 0 Å². The van der Waals surface area contributed by atoms with E-state index in [1.165, 1.54) is 25.2 Å². The minimum absolute atomic E-state index is 0.245. The molecule has 0 aliphatic rings. The third kappa shape index (κ3) is 3.42. The van der Waals surface area contributed by atoms with Gasteiger partial charge in [0.2, 0.25) is 0 Å². The van der Waals surface area contributed by atoms with E-state index in [1.807, 2.05) is 0 Å². The van der Waals surface area contributed by atoms with Crippen LogP contribution in [0.5, 0.6) is 5.75 Å². The standard InChI is InChI=1S/C12H17FN2O2/c1-7(14)10-6-9(13)4-5-11(10)17-8(2)12(16)15-3/h4-8H,14H2,1-3H3,(H,15,16). The van der Waals surface area contributed by atoms with E-state index in [4.69, 9.17) is 10.5 Å². The van der Waals surface area contributed by atoms with Gasteiger partial charge in [-0.2, -0.15) is 0 Å². The molecule has 0 fully saturated rings. The summed E-state index contributed by atoms with van der Waals surface area (Å²) in [6, 6.07) is 3.71. The molecule has 1 aromatic carbocycles. The van der Waals surface area contributed by atoms with Crippen LogP contribution >= 0.6 is 0 Å². The third-order valence-electron chi connectivity index (χ3n) is 2.38. The van der Waals surface area contributed by atoms with Gasteiger partial charge in [-0.3, -0.25) is 4.79 Å². The van der Waals surface area contributed by atoms with Crippen molar-refractivity contribution in [3.05, 3.63) is 29.6 Å². The Kier molecular flexibility index (Phi) is 4.45.